The predicted octanol–water partition coefficient (Wildman–Crippen LogP) is 4.84. The number of hydrogen-bond acceptors (Lipinski definition) is 4. The van der Waals surface area contributed by atoms with Gasteiger partial charge < -0.3 is 10.2 Å². The van der Waals surface area contributed by atoms with E-state index in [0.717, 1.165) is 9.87 Å². The second-order valence-corrected chi connectivity index (χ2v) is 11.2. The molecule has 0 radical (unpaired) electrons. The Hall–Kier alpha value is -3.43. The quantitative estimate of drug-likeness (QED) is 0.385. The van der Waals surface area contributed by atoms with Crippen LogP contribution in [0.25, 0.3) is 0 Å². The van der Waals surface area contributed by atoms with Gasteiger partial charge in [0.15, 0.2) is 0 Å². The number of nitrogens with one attached hydrogen (secondary N) is 1. The highest BCUT2D eigenvalue weighted by molar-refractivity contribution is 7.92. The number of sulfonamides is 1. The number of anilines is 1. The van der Waals surface area contributed by atoms with E-state index >= 15 is 0 Å². The van der Waals surface area contributed by atoms with Crippen LogP contribution < -0.4 is 9.62 Å². The molecule has 0 bridgehead atoms. The number of halogens is 2. The van der Waals surface area contributed by atoms with Crippen LogP contribution in [0.1, 0.15) is 30.5 Å². The number of nitrogens with zero attached hydrogens (tertiary/aromatic N) is 2. The van der Waals surface area contributed by atoms with Crippen molar-refractivity contribution in [2.75, 3.05) is 17.4 Å². The van der Waals surface area contributed by atoms with E-state index in [2.05, 4.69) is 5.32 Å². The average molecular weight is 560 g/mol. The number of carbonyl (C=O) groups is 2. The fraction of sp³-hybridized carbons (Fsp3) is 0.286. The molecule has 1 atom stereocenters. The minimum atomic E-state index is -4.20. The third kappa shape index (κ3) is 6.71. The highest BCUT2D eigenvalue weighted by Gasteiger charge is 2.33. The van der Waals surface area contributed by atoms with Crippen molar-refractivity contribution in [3.63, 3.8) is 0 Å². The summed E-state index contributed by atoms with van der Waals surface area (Å²) in [6, 6.07) is 15.8. The van der Waals surface area contributed by atoms with Crippen LogP contribution >= 0.6 is 11.6 Å². The standard InChI is InChI=1S/C28H31ClFN3O4S/c1-5-31-28(35)21(4)32(17-22-11-13-23(30)14-12-22)27(34)18-33(26-8-6-7-25(29)20(26)3)38(36,37)24-15-9-19(2)10-16-24/h6-16,21H,5,17-18H2,1-4H3,(H,31,35)/t21-/m1/s1. The zero-order valence-corrected chi connectivity index (χ0v) is 23.3. The van der Waals surface area contributed by atoms with Crippen molar-refractivity contribution in [2.24, 2.45) is 0 Å². The van der Waals surface area contributed by atoms with Crippen LogP contribution in [0, 0.1) is 19.7 Å². The topological polar surface area (TPSA) is 86.8 Å². The molecule has 0 unspecified atom stereocenters. The van der Waals surface area contributed by atoms with Gasteiger partial charge in [-0.05, 0) is 75.2 Å². The third-order valence-electron chi connectivity index (χ3n) is 6.18. The molecule has 0 saturated heterocycles. The smallest absolute Gasteiger partial charge is 0.264 e. The summed E-state index contributed by atoms with van der Waals surface area (Å²) in [5.41, 5.74) is 2.20. The molecule has 0 fully saturated rings. The molecule has 1 N–H and O–H groups in total. The Morgan fingerprint density at radius 2 is 1.63 bits per heavy atom. The Morgan fingerprint density at radius 3 is 2.24 bits per heavy atom. The van der Waals surface area contributed by atoms with Gasteiger partial charge in [-0.2, -0.15) is 0 Å². The molecule has 7 nitrogen and oxygen atoms in total. The summed E-state index contributed by atoms with van der Waals surface area (Å²) >= 11 is 6.32. The summed E-state index contributed by atoms with van der Waals surface area (Å²) in [4.78, 5) is 27.8. The van der Waals surface area contributed by atoms with E-state index in [1.54, 1.807) is 51.1 Å². The SMILES string of the molecule is CCNC(=O)[C@@H](C)N(Cc1ccc(F)cc1)C(=O)CN(c1cccc(Cl)c1C)S(=O)(=O)c1ccc(C)cc1. The van der Waals surface area contributed by atoms with Gasteiger partial charge in [0.05, 0.1) is 10.6 Å². The summed E-state index contributed by atoms with van der Waals surface area (Å²) in [5.74, 6) is -1.44. The van der Waals surface area contributed by atoms with Crippen LogP contribution in [0.3, 0.4) is 0 Å². The molecule has 0 aromatic heterocycles. The van der Waals surface area contributed by atoms with E-state index in [1.165, 1.54) is 41.3 Å². The maximum atomic E-state index is 13.9. The predicted molar refractivity (Wildman–Crippen MR) is 147 cm³/mol. The highest BCUT2D eigenvalue weighted by atomic mass is 35.5. The summed E-state index contributed by atoms with van der Waals surface area (Å²) < 4.78 is 42.2. The van der Waals surface area contributed by atoms with E-state index in [-0.39, 0.29) is 17.1 Å². The van der Waals surface area contributed by atoms with Crippen molar-refractivity contribution in [2.45, 2.75) is 45.2 Å². The molecule has 38 heavy (non-hydrogen) atoms. The summed E-state index contributed by atoms with van der Waals surface area (Å²) in [6.45, 7) is 6.59. The largest absolute Gasteiger partial charge is 0.355 e. The lowest BCUT2D eigenvalue weighted by molar-refractivity contribution is -0.139. The molecular weight excluding hydrogens is 529 g/mol. The molecule has 0 spiro atoms. The van der Waals surface area contributed by atoms with Gasteiger partial charge in [-0.3, -0.25) is 13.9 Å². The molecule has 202 valence electrons. The van der Waals surface area contributed by atoms with Gasteiger partial charge in [-0.15, -0.1) is 0 Å². The second-order valence-electron chi connectivity index (χ2n) is 8.93. The van der Waals surface area contributed by atoms with E-state index in [9.17, 15) is 22.4 Å². The van der Waals surface area contributed by atoms with Gasteiger partial charge in [0.25, 0.3) is 10.0 Å². The van der Waals surface area contributed by atoms with E-state index in [1.807, 2.05) is 6.92 Å². The molecule has 0 aliphatic carbocycles. The van der Waals surface area contributed by atoms with Crippen molar-refractivity contribution < 1.29 is 22.4 Å². The van der Waals surface area contributed by atoms with Crippen LogP contribution in [0.2, 0.25) is 5.02 Å². The lowest BCUT2D eigenvalue weighted by Crippen LogP contribution is -2.51. The fourth-order valence-electron chi connectivity index (χ4n) is 3.91. The number of hydrogen-bond donors (Lipinski definition) is 1. The van der Waals surface area contributed by atoms with Crippen molar-refractivity contribution in [1.82, 2.24) is 10.2 Å². The zero-order valence-electron chi connectivity index (χ0n) is 21.7. The summed E-state index contributed by atoms with van der Waals surface area (Å²) in [5, 5.41) is 3.04. The van der Waals surface area contributed by atoms with Gasteiger partial charge in [0.1, 0.15) is 18.4 Å². The maximum absolute atomic E-state index is 13.9. The van der Waals surface area contributed by atoms with Crippen LogP contribution in [0.15, 0.2) is 71.6 Å². The molecule has 0 saturated carbocycles. The van der Waals surface area contributed by atoms with Gasteiger partial charge in [0, 0.05) is 18.1 Å². The van der Waals surface area contributed by atoms with Crippen LogP contribution in [0.5, 0.6) is 0 Å². The summed E-state index contributed by atoms with van der Waals surface area (Å²) in [7, 11) is -4.20. The Balaban J connectivity index is 2.07. The first-order valence-electron chi connectivity index (χ1n) is 12.1. The number of amides is 2. The minimum absolute atomic E-state index is 0.0112. The monoisotopic (exact) mass is 559 g/mol. The van der Waals surface area contributed by atoms with Crippen LogP contribution in [-0.4, -0.2) is 44.3 Å². The minimum Gasteiger partial charge on any atom is -0.355 e. The van der Waals surface area contributed by atoms with E-state index in [0.29, 0.717) is 22.7 Å². The molecule has 3 aromatic carbocycles. The maximum Gasteiger partial charge on any atom is 0.264 e. The first-order valence-corrected chi connectivity index (χ1v) is 13.9. The van der Waals surface area contributed by atoms with E-state index in [4.69, 9.17) is 11.6 Å². The number of carbonyl (C=O) groups excluding carboxylic acids is 2. The van der Waals surface area contributed by atoms with Crippen molar-refractivity contribution in [1.29, 1.82) is 0 Å². The number of rotatable bonds is 10. The van der Waals surface area contributed by atoms with Gasteiger partial charge in [-0.25, -0.2) is 12.8 Å². The van der Waals surface area contributed by atoms with Gasteiger partial charge in [-0.1, -0.05) is 47.5 Å². The molecule has 0 heterocycles. The van der Waals surface area contributed by atoms with Crippen molar-refractivity contribution in [3.8, 4) is 0 Å². The Bertz CT molecular complexity index is 1400. The number of benzene rings is 3. The van der Waals surface area contributed by atoms with Crippen LogP contribution in [0.4, 0.5) is 10.1 Å². The Labute approximate surface area is 228 Å². The normalized spacial score (nSPS) is 12.1. The van der Waals surface area contributed by atoms with Gasteiger partial charge in [0.2, 0.25) is 11.8 Å². The van der Waals surface area contributed by atoms with Gasteiger partial charge >= 0.3 is 0 Å². The zero-order chi connectivity index (χ0) is 28.0. The first kappa shape index (κ1) is 29.1. The fourth-order valence-corrected chi connectivity index (χ4v) is 5.55. The van der Waals surface area contributed by atoms with Crippen molar-refractivity contribution in [3.05, 3.63) is 94.3 Å². The lowest BCUT2D eigenvalue weighted by atomic mass is 10.1. The summed E-state index contributed by atoms with van der Waals surface area (Å²) in [6.07, 6.45) is 0. The molecule has 0 aliphatic rings. The third-order valence-corrected chi connectivity index (χ3v) is 8.36. The number of likely N-dealkylation sites (N-methyl/N-ethyl adjacent to an activating group) is 1. The van der Waals surface area contributed by atoms with E-state index < -0.39 is 40.2 Å². The highest BCUT2D eigenvalue weighted by Crippen LogP contribution is 2.31. The molecule has 0 aliphatic heterocycles. The molecular formula is C28H31ClFN3O4S. The Kier molecular flexibility index (Phi) is 9.51. The Morgan fingerprint density at radius 1 is 1.00 bits per heavy atom. The molecule has 2 amide bonds. The first-order chi connectivity index (χ1) is 17.9. The van der Waals surface area contributed by atoms with Crippen LogP contribution in [-0.2, 0) is 26.2 Å². The average Bonchev–Trinajstić information content (AvgIpc) is 2.88. The molecule has 3 rings (SSSR count). The lowest BCUT2D eigenvalue weighted by Gasteiger charge is -2.32. The second kappa shape index (κ2) is 12.4. The molecule has 3 aromatic rings. The number of aryl methyl sites for hydroxylation is 1. The van der Waals surface area contributed by atoms with Crippen molar-refractivity contribution >= 4 is 39.1 Å². The molecule has 10 heteroatoms.